The van der Waals surface area contributed by atoms with Crippen LogP contribution in [0.3, 0.4) is 0 Å². The fourth-order valence-electron chi connectivity index (χ4n) is 5.45. The fourth-order valence-corrected chi connectivity index (χ4v) is 6.29. The van der Waals surface area contributed by atoms with Gasteiger partial charge in [-0.15, -0.1) is 4.83 Å². The molecular formula is C18H24N2O4S. The summed E-state index contributed by atoms with van der Waals surface area (Å²) in [5.41, 5.74) is 2.12. The van der Waals surface area contributed by atoms with Gasteiger partial charge in [-0.3, -0.25) is 10.2 Å². The number of carbonyl (C=O) groups excluding carboxylic acids is 1. The van der Waals surface area contributed by atoms with Crippen molar-refractivity contribution in [2.24, 2.45) is 23.2 Å². The highest BCUT2D eigenvalue weighted by molar-refractivity contribution is 7.89. The summed E-state index contributed by atoms with van der Waals surface area (Å²) in [4.78, 5) is 15.2. The van der Waals surface area contributed by atoms with E-state index in [1.54, 1.807) is 12.1 Å². The molecule has 0 aliphatic heterocycles. The molecule has 0 atom stereocenters. The summed E-state index contributed by atoms with van der Waals surface area (Å²) >= 11 is 0. The Balaban J connectivity index is 1.44. The highest BCUT2D eigenvalue weighted by atomic mass is 32.2. The zero-order valence-electron chi connectivity index (χ0n) is 14.3. The smallest absolute Gasteiger partial charge is 0.257 e. The second-order valence-electron chi connectivity index (χ2n) is 7.93. The fraction of sp³-hybridized carbons (Fsp3) is 0.611. The predicted octanol–water partition coefficient (Wildman–Crippen LogP) is 2.22. The van der Waals surface area contributed by atoms with Gasteiger partial charge in [0, 0.05) is 0 Å². The Morgan fingerprint density at radius 3 is 2.04 bits per heavy atom. The van der Waals surface area contributed by atoms with Gasteiger partial charge in [0.25, 0.3) is 10.0 Å². The number of nitrogens with one attached hydrogen (secondary N) is 2. The molecular weight excluding hydrogens is 340 g/mol. The molecule has 0 unspecified atom stereocenters. The summed E-state index contributed by atoms with van der Waals surface area (Å²) in [6.07, 6.45) is 6.41. The lowest BCUT2D eigenvalue weighted by Crippen LogP contribution is -2.56. The lowest BCUT2D eigenvalue weighted by atomic mass is 9.49. The maximum atomic E-state index is 12.8. The van der Waals surface area contributed by atoms with E-state index in [1.807, 2.05) is 0 Å². The lowest BCUT2D eigenvalue weighted by Gasteiger charge is -2.55. The normalized spacial score (nSPS) is 33.2. The van der Waals surface area contributed by atoms with Crippen LogP contribution in [0.25, 0.3) is 0 Å². The highest BCUT2D eigenvalue weighted by Crippen LogP contribution is 2.60. The van der Waals surface area contributed by atoms with E-state index in [2.05, 4.69) is 10.3 Å². The van der Waals surface area contributed by atoms with Crippen LogP contribution in [0.2, 0.25) is 0 Å². The molecule has 0 radical (unpaired) electrons. The molecule has 4 aliphatic carbocycles. The van der Waals surface area contributed by atoms with Gasteiger partial charge in [0.15, 0.2) is 0 Å². The van der Waals surface area contributed by atoms with Crippen LogP contribution in [-0.2, 0) is 14.8 Å². The van der Waals surface area contributed by atoms with Gasteiger partial charge in [0.2, 0.25) is 5.91 Å². The van der Waals surface area contributed by atoms with Crippen molar-refractivity contribution >= 4 is 15.9 Å². The number of hydrazine groups is 1. The van der Waals surface area contributed by atoms with E-state index >= 15 is 0 Å². The number of carbonyl (C=O) groups is 1. The number of rotatable bonds is 5. The molecule has 1 amide bonds. The largest absolute Gasteiger partial charge is 0.497 e. The van der Waals surface area contributed by atoms with Crippen LogP contribution >= 0.6 is 0 Å². The molecule has 1 aromatic carbocycles. The molecule has 6 nitrogen and oxygen atoms in total. The minimum Gasteiger partial charge on any atom is -0.497 e. The summed E-state index contributed by atoms with van der Waals surface area (Å²) in [6.45, 7) is 0. The van der Waals surface area contributed by atoms with Gasteiger partial charge >= 0.3 is 0 Å². The number of hydrogen-bond acceptors (Lipinski definition) is 4. The standard InChI is InChI=1S/C18H24N2O4S/c1-24-15-2-4-16(5-3-15)25(22,23)20-19-17(21)18-9-12-6-13(10-18)8-14(7-12)11-18/h2-5,12-14,20H,6-11H2,1H3,(H,19,21). The van der Waals surface area contributed by atoms with Crippen molar-refractivity contribution in [1.82, 2.24) is 10.3 Å². The molecule has 136 valence electrons. The van der Waals surface area contributed by atoms with E-state index in [-0.39, 0.29) is 16.2 Å². The second kappa shape index (κ2) is 5.99. The second-order valence-corrected chi connectivity index (χ2v) is 9.62. The van der Waals surface area contributed by atoms with Crippen LogP contribution in [0.1, 0.15) is 38.5 Å². The molecule has 0 saturated heterocycles. The van der Waals surface area contributed by atoms with Crippen LogP contribution in [0.5, 0.6) is 5.75 Å². The average Bonchev–Trinajstić information content (AvgIpc) is 2.58. The van der Waals surface area contributed by atoms with E-state index in [1.165, 1.54) is 38.5 Å². The average molecular weight is 364 g/mol. The zero-order chi connectivity index (χ0) is 17.7. The van der Waals surface area contributed by atoms with Crippen molar-refractivity contribution in [1.29, 1.82) is 0 Å². The maximum absolute atomic E-state index is 12.8. The topological polar surface area (TPSA) is 84.5 Å². The molecule has 4 saturated carbocycles. The Bertz CT molecular complexity index is 737. The van der Waals surface area contributed by atoms with E-state index in [0.29, 0.717) is 23.5 Å². The first kappa shape index (κ1) is 16.8. The van der Waals surface area contributed by atoms with Crippen LogP contribution in [0.4, 0.5) is 0 Å². The number of sulfonamides is 1. The van der Waals surface area contributed by atoms with Crippen LogP contribution in [0.15, 0.2) is 29.2 Å². The van der Waals surface area contributed by atoms with Crippen LogP contribution in [0, 0.1) is 23.2 Å². The minimum atomic E-state index is -3.79. The van der Waals surface area contributed by atoms with Gasteiger partial charge in [0.1, 0.15) is 5.75 Å². The molecule has 4 bridgehead atoms. The zero-order valence-corrected chi connectivity index (χ0v) is 15.1. The Labute approximate surface area is 148 Å². The third-order valence-corrected chi connectivity index (χ3v) is 7.45. The van der Waals surface area contributed by atoms with Gasteiger partial charge in [-0.05, 0) is 80.5 Å². The quantitative estimate of drug-likeness (QED) is 0.785. The number of benzene rings is 1. The number of amides is 1. The van der Waals surface area contributed by atoms with Crippen molar-refractivity contribution in [2.75, 3.05) is 7.11 Å². The first-order chi connectivity index (χ1) is 11.9. The SMILES string of the molecule is COc1ccc(S(=O)(=O)NNC(=O)C23CC4CC(CC(C4)C2)C3)cc1. The van der Waals surface area contributed by atoms with Gasteiger partial charge in [0.05, 0.1) is 17.4 Å². The highest BCUT2D eigenvalue weighted by Gasteiger charge is 2.54. The Morgan fingerprint density at radius 1 is 1.04 bits per heavy atom. The number of methoxy groups -OCH3 is 1. The minimum absolute atomic E-state index is 0.0964. The summed E-state index contributed by atoms with van der Waals surface area (Å²) in [5, 5.41) is 0. The van der Waals surface area contributed by atoms with Crippen molar-refractivity contribution < 1.29 is 17.9 Å². The summed E-state index contributed by atoms with van der Waals surface area (Å²) in [5.74, 6) is 2.32. The molecule has 25 heavy (non-hydrogen) atoms. The first-order valence-corrected chi connectivity index (χ1v) is 10.3. The van der Waals surface area contributed by atoms with Crippen molar-refractivity contribution in [2.45, 2.75) is 43.4 Å². The summed E-state index contributed by atoms with van der Waals surface area (Å²) in [7, 11) is -2.27. The molecule has 5 rings (SSSR count). The summed E-state index contributed by atoms with van der Waals surface area (Å²) in [6, 6.07) is 6.07. The lowest BCUT2D eigenvalue weighted by molar-refractivity contribution is -0.146. The van der Waals surface area contributed by atoms with Gasteiger partial charge in [-0.25, -0.2) is 8.42 Å². The van der Waals surface area contributed by atoms with E-state index in [9.17, 15) is 13.2 Å². The van der Waals surface area contributed by atoms with Crippen molar-refractivity contribution in [3.05, 3.63) is 24.3 Å². The molecule has 0 aromatic heterocycles. The Kier molecular flexibility index (Phi) is 4.03. The molecule has 0 heterocycles. The molecule has 7 heteroatoms. The molecule has 2 N–H and O–H groups in total. The Hall–Kier alpha value is -1.60. The predicted molar refractivity (Wildman–Crippen MR) is 92.1 cm³/mol. The van der Waals surface area contributed by atoms with Gasteiger partial charge in [-0.1, -0.05) is 0 Å². The Morgan fingerprint density at radius 2 is 1.56 bits per heavy atom. The molecule has 0 spiro atoms. The number of ether oxygens (including phenoxy) is 1. The van der Waals surface area contributed by atoms with E-state index < -0.39 is 10.0 Å². The van der Waals surface area contributed by atoms with Crippen LogP contribution < -0.4 is 15.0 Å². The van der Waals surface area contributed by atoms with E-state index in [4.69, 9.17) is 4.74 Å². The summed E-state index contributed by atoms with van der Waals surface area (Å²) < 4.78 is 29.8. The van der Waals surface area contributed by atoms with Gasteiger partial charge in [-0.2, -0.15) is 0 Å². The third kappa shape index (κ3) is 3.04. The maximum Gasteiger partial charge on any atom is 0.257 e. The van der Waals surface area contributed by atoms with E-state index in [0.717, 1.165) is 19.3 Å². The van der Waals surface area contributed by atoms with Crippen molar-refractivity contribution in [3.8, 4) is 5.75 Å². The number of hydrogen-bond donors (Lipinski definition) is 2. The van der Waals surface area contributed by atoms with Gasteiger partial charge < -0.3 is 4.74 Å². The third-order valence-electron chi connectivity index (χ3n) is 6.19. The monoisotopic (exact) mass is 364 g/mol. The molecule has 4 fully saturated rings. The van der Waals surface area contributed by atoms with Crippen molar-refractivity contribution in [3.63, 3.8) is 0 Å². The molecule has 1 aromatic rings. The van der Waals surface area contributed by atoms with Crippen LogP contribution in [-0.4, -0.2) is 21.4 Å². The molecule has 4 aliphatic rings. The first-order valence-electron chi connectivity index (χ1n) is 8.86.